The molecule has 0 bridgehead atoms. The number of carbonyl (C=O) groups is 1. The molecule has 1 aromatic carbocycles. The van der Waals surface area contributed by atoms with Gasteiger partial charge >= 0.3 is 5.69 Å². The van der Waals surface area contributed by atoms with Gasteiger partial charge in [0.25, 0.3) is 0 Å². The fraction of sp³-hybridized carbons (Fsp3) is 0.609. The fourth-order valence-electron chi connectivity index (χ4n) is 4.52. The summed E-state index contributed by atoms with van der Waals surface area (Å²) in [6.45, 7) is 10.9. The van der Waals surface area contributed by atoms with Crippen molar-refractivity contribution >= 4 is 5.91 Å². The van der Waals surface area contributed by atoms with Crippen molar-refractivity contribution in [3.05, 3.63) is 51.2 Å². The van der Waals surface area contributed by atoms with Crippen molar-refractivity contribution in [3.63, 3.8) is 0 Å². The van der Waals surface area contributed by atoms with Crippen molar-refractivity contribution in [2.75, 3.05) is 46.3 Å². The van der Waals surface area contributed by atoms with Crippen molar-refractivity contribution in [1.82, 2.24) is 29.5 Å². The Morgan fingerprint density at radius 1 is 1.16 bits per heavy atom. The topological polar surface area (TPSA) is 75.4 Å². The number of rotatable bonds is 6. The predicted octanol–water partition coefficient (Wildman–Crippen LogP) is 0.951. The van der Waals surface area contributed by atoms with Gasteiger partial charge in [0.1, 0.15) is 5.82 Å². The summed E-state index contributed by atoms with van der Waals surface area (Å²) in [5.41, 5.74) is 3.27. The van der Waals surface area contributed by atoms with Crippen molar-refractivity contribution in [2.45, 2.75) is 45.7 Å². The van der Waals surface area contributed by atoms with E-state index in [2.05, 4.69) is 45.5 Å². The molecule has 1 aromatic heterocycles. The van der Waals surface area contributed by atoms with E-state index in [-0.39, 0.29) is 17.5 Å². The molecule has 168 valence electrons. The van der Waals surface area contributed by atoms with Gasteiger partial charge in [-0.15, -0.1) is 0 Å². The molecule has 1 atom stereocenters. The normalized spacial score (nSPS) is 19.9. The fourth-order valence-corrected chi connectivity index (χ4v) is 4.52. The highest BCUT2D eigenvalue weighted by Crippen LogP contribution is 2.24. The van der Waals surface area contributed by atoms with Crippen molar-refractivity contribution in [2.24, 2.45) is 0 Å². The molecular weight excluding hydrogens is 392 g/mol. The Bertz CT molecular complexity index is 986. The van der Waals surface area contributed by atoms with E-state index in [9.17, 15) is 9.59 Å². The molecule has 31 heavy (non-hydrogen) atoms. The molecule has 8 heteroatoms. The third-order valence-electron chi connectivity index (χ3n) is 6.60. The van der Waals surface area contributed by atoms with Crippen LogP contribution in [0.4, 0.5) is 0 Å². The van der Waals surface area contributed by atoms with Gasteiger partial charge in [0.2, 0.25) is 5.91 Å². The summed E-state index contributed by atoms with van der Waals surface area (Å²) in [6.07, 6.45) is 1.55. The number of fused-ring (bicyclic) bond motifs is 1. The summed E-state index contributed by atoms with van der Waals surface area (Å²) in [5.74, 6) is 0.242. The molecule has 4 rings (SSSR count). The zero-order valence-electron chi connectivity index (χ0n) is 18.9. The second-order valence-electron chi connectivity index (χ2n) is 9.01. The van der Waals surface area contributed by atoms with Gasteiger partial charge in [-0.3, -0.25) is 14.3 Å². The molecule has 2 aromatic rings. The lowest BCUT2D eigenvalue weighted by Crippen LogP contribution is -2.47. The minimum absolute atomic E-state index is 0.0148. The molecule has 0 aliphatic carbocycles. The van der Waals surface area contributed by atoms with Crippen LogP contribution >= 0.6 is 0 Å². The van der Waals surface area contributed by atoms with E-state index in [0.717, 1.165) is 62.3 Å². The van der Waals surface area contributed by atoms with Gasteiger partial charge in [-0.2, -0.15) is 5.10 Å². The number of aromatic nitrogens is 3. The van der Waals surface area contributed by atoms with E-state index >= 15 is 0 Å². The van der Waals surface area contributed by atoms with Crippen LogP contribution in [0.25, 0.3) is 0 Å². The lowest BCUT2D eigenvalue weighted by Gasteiger charge is -2.32. The summed E-state index contributed by atoms with van der Waals surface area (Å²) in [4.78, 5) is 30.6. The number of aryl methyl sites for hydroxylation is 2. The van der Waals surface area contributed by atoms with E-state index in [0.29, 0.717) is 25.5 Å². The highest BCUT2D eigenvalue weighted by atomic mass is 16.2. The van der Waals surface area contributed by atoms with Crippen LogP contribution < -0.4 is 11.0 Å². The second-order valence-corrected chi connectivity index (χ2v) is 9.01. The van der Waals surface area contributed by atoms with Gasteiger partial charge < -0.3 is 10.2 Å². The van der Waals surface area contributed by atoms with E-state index in [1.807, 2.05) is 13.8 Å². The predicted molar refractivity (Wildman–Crippen MR) is 120 cm³/mol. The summed E-state index contributed by atoms with van der Waals surface area (Å²) in [6, 6.07) is 6.24. The Kier molecular flexibility index (Phi) is 6.57. The Hall–Kier alpha value is -2.45. The molecule has 1 amide bonds. The lowest BCUT2D eigenvalue weighted by molar-refractivity contribution is -0.123. The zero-order chi connectivity index (χ0) is 22.0. The first-order chi connectivity index (χ1) is 14.9. The number of benzene rings is 1. The molecule has 2 aliphatic rings. The van der Waals surface area contributed by atoms with Gasteiger partial charge in [-0.25, -0.2) is 9.48 Å². The molecule has 1 fully saturated rings. The molecule has 0 spiro atoms. The SMILES string of the molecule is Cc1ccc(C)c(Cn2nc3n(c2=O)CCCC3C(=O)NCCN2CCN(C)CC2)c1. The van der Waals surface area contributed by atoms with Crippen LogP contribution in [0.3, 0.4) is 0 Å². The largest absolute Gasteiger partial charge is 0.354 e. The minimum atomic E-state index is -0.353. The maximum Gasteiger partial charge on any atom is 0.346 e. The van der Waals surface area contributed by atoms with Gasteiger partial charge in [0.05, 0.1) is 12.5 Å². The Morgan fingerprint density at radius 2 is 1.94 bits per heavy atom. The van der Waals surface area contributed by atoms with Gasteiger partial charge in [0.15, 0.2) is 0 Å². The van der Waals surface area contributed by atoms with Gasteiger partial charge in [-0.05, 0) is 44.9 Å². The highest BCUT2D eigenvalue weighted by molar-refractivity contribution is 5.82. The number of hydrogen-bond acceptors (Lipinski definition) is 5. The molecule has 1 unspecified atom stereocenters. The number of likely N-dealkylation sites (N-methyl/N-ethyl adjacent to an activating group) is 1. The molecule has 2 aliphatic heterocycles. The molecule has 1 N–H and O–H groups in total. The molecule has 8 nitrogen and oxygen atoms in total. The first-order valence-electron chi connectivity index (χ1n) is 11.3. The number of amides is 1. The molecule has 3 heterocycles. The Balaban J connectivity index is 1.42. The Morgan fingerprint density at radius 3 is 2.71 bits per heavy atom. The van der Waals surface area contributed by atoms with Crippen LogP contribution in [0, 0.1) is 13.8 Å². The average molecular weight is 427 g/mol. The minimum Gasteiger partial charge on any atom is -0.354 e. The van der Waals surface area contributed by atoms with Crippen LogP contribution in [0.2, 0.25) is 0 Å². The van der Waals surface area contributed by atoms with E-state index in [1.165, 1.54) is 4.68 Å². The number of nitrogens with zero attached hydrogens (tertiary/aromatic N) is 5. The molecule has 1 saturated heterocycles. The second kappa shape index (κ2) is 9.36. The zero-order valence-corrected chi connectivity index (χ0v) is 18.9. The average Bonchev–Trinajstić information content (AvgIpc) is 3.07. The first-order valence-corrected chi connectivity index (χ1v) is 11.3. The number of carbonyl (C=O) groups excluding carboxylic acids is 1. The van der Waals surface area contributed by atoms with Crippen LogP contribution in [0.15, 0.2) is 23.0 Å². The maximum absolute atomic E-state index is 13.0. The standard InChI is InChI=1S/C23H34N6O2/c1-17-6-7-18(2)19(15-17)16-29-23(31)28-9-4-5-20(21(28)25-29)22(30)24-8-10-27-13-11-26(3)12-14-27/h6-7,15,20H,4-5,8-14,16H2,1-3H3,(H,24,30). The van der Waals surface area contributed by atoms with Crippen molar-refractivity contribution in [3.8, 4) is 0 Å². The summed E-state index contributed by atoms with van der Waals surface area (Å²) < 4.78 is 3.21. The summed E-state index contributed by atoms with van der Waals surface area (Å²) in [7, 11) is 2.14. The number of nitrogens with one attached hydrogen (secondary N) is 1. The summed E-state index contributed by atoms with van der Waals surface area (Å²) in [5, 5.41) is 7.70. The summed E-state index contributed by atoms with van der Waals surface area (Å²) >= 11 is 0. The lowest BCUT2D eigenvalue weighted by atomic mass is 9.98. The van der Waals surface area contributed by atoms with Crippen LogP contribution in [0.1, 0.15) is 41.3 Å². The van der Waals surface area contributed by atoms with Crippen LogP contribution in [-0.4, -0.2) is 76.4 Å². The van der Waals surface area contributed by atoms with Gasteiger partial charge in [-0.1, -0.05) is 23.8 Å². The van der Waals surface area contributed by atoms with E-state index in [1.54, 1.807) is 4.57 Å². The number of hydrogen-bond donors (Lipinski definition) is 1. The first kappa shape index (κ1) is 21.8. The van der Waals surface area contributed by atoms with Crippen molar-refractivity contribution < 1.29 is 4.79 Å². The number of piperazine rings is 1. The molecule has 0 radical (unpaired) electrons. The maximum atomic E-state index is 13.0. The molecular formula is C23H34N6O2. The van der Waals surface area contributed by atoms with Crippen LogP contribution in [0.5, 0.6) is 0 Å². The third-order valence-corrected chi connectivity index (χ3v) is 6.60. The van der Waals surface area contributed by atoms with Crippen LogP contribution in [-0.2, 0) is 17.9 Å². The smallest absolute Gasteiger partial charge is 0.346 e. The Labute approximate surface area is 183 Å². The van der Waals surface area contributed by atoms with Crippen molar-refractivity contribution in [1.29, 1.82) is 0 Å². The quantitative estimate of drug-likeness (QED) is 0.745. The third kappa shape index (κ3) is 4.91. The van der Waals surface area contributed by atoms with E-state index in [4.69, 9.17) is 0 Å². The van der Waals surface area contributed by atoms with E-state index < -0.39 is 0 Å². The highest BCUT2D eigenvalue weighted by Gasteiger charge is 2.31. The van der Waals surface area contributed by atoms with Gasteiger partial charge in [0, 0.05) is 45.8 Å². The molecule has 0 saturated carbocycles. The monoisotopic (exact) mass is 426 g/mol.